The summed E-state index contributed by atoms with van der Waals surface area (Å²) >= 11 is 0. The van der Waals surface area contributed by atoms with E-state index in [2.05, 4.69) is 18.7 Å². The highest BCUT2D eigenvalue weighted by Gasteiger charge is 2.43. The normalized spacial score (nSPS) is 22.7. The standard InChI is InChI=1S/C23H31F3N4O3S/c1-17(2)28-11-13-29(14-12-28)22(31)19-5-7-20(8-6-19)30(16-23(24,25)26)34(32,33)21-9-3-18(15-27)4-10-21/h3-4,9-10,17,19-20H,5-8,11-14,16H2,1-2H3. The smallest absolute Gasteiger partial charge is 0.340 e. The summed E-state index contributed by atoms with van der Waals surface area (Å²) in [7, 11) is -4.43. The molecule has 1 aliphatic heterocycles. The number of carbonyl (C=O) groups is 1. The number of nitrogens with zero attached hydrogens (tertiary/aromatic N) is 4. The SMILES string of the molecule is CC(C)N1CCN(C(=O)C2CCC(N(CC(F)(F)F)S(=O)(=O)c3ccc(C#N)cc3)CC2)CC1. The summed E-state index contributed by atoms with van der Waals surface area (Å²) in [5.41, 5.74) is 0.217. The lowest BCUT2D eigenvalue weighted by Crippen LogP contribution is -2.53. The Bertz CT molecular complexity index is 990. The molecule has 1 saturated carbocycles. The van der Waals surface area contributed by atoms with Gasteiger partial charge in [0.1, 0.15) is 6.54 Å². The topological polar surface area (TPSA) is 84.7 Å². The lowest BCUT2D eigenvalue weighted by Gasteiger charge is -2.40. The molecule has 2 fully saturated rings. The zero-order chi connectivity index (χ0) is 25.1. The second kappa shape index (κ2) is 10.6. The van der Waals surface area contributed by atoms with E-state index in [1.165, 1.54) is 12.1 Å². The number of hydrogen-bond acceptors (Lipinski definition) is 5. The van der Waals surface area contributed by atoms with Crippen molar-refractivity contribution in [2.75, 3.05) is 32.7 Å². The summed E-state index contributed by atoms with van der Waals surface area (Å²) in [6.45, 7) is 5.47. The number of halogens is 3. The van der Waals surface area contributed by atoms with Crippen LogP contribution in [0.1, 0.15) is 45.1 Å². The first-order valence-electron chi connectivity index (χ1n) is 11.5. The second-order valence-electron chi connectivity index (χ2n) is 9.26. The fraction of sp³-hybridized carbons (Fsp3) is 0.652. The van der Waals surface area contributed by atoms with Gasteiger partial charge in [-0.3, -0.25) is 9.69 Å². The Labute approximate surface area is 199 Å². The predicted octanol–water partition coefficient (Wildman–Crippen LogP) is 3.22. The third-order valence-electron chi connectivity index (χ3n) is 6.73. The average Bonchev–Trinajstić information content (AvgIpc) is 2.81. The van der Waals surface area contributed by atoms with E-state index >= 15 is 0 Å². The third-order valence-corrected chi connectivity index (χ3v) is 8.65. The third kappa shape index (κ3) is 6.29. The van der Waals surface area contributed by atoms with Crippen molar-refractivity contribution in [2.45, 2.75) is 62.7 Å². The van der Waals surface area contributed by atoms with E-state index in [0.29, 0.717) is 36.3 Å². The molecule has 1 aliphatic carbocycles. The number of alkyl halides is 3. The summed E-state index contributed by atoms with van der Waals surface area (Å²) in [4.78, 5) is 16.8. The molecule has 0 atom stereocenters. The number of piperazine rings is 1. The van der Waals surface area contributed by atoms with Gasteiger partial charge in [-0.05, 0) is 63.8 Å². The van der Waals surface area contributed by atoms with Gasteiger partial charge in [-0.1, -0.05) is 0 Å². The molecule has 1 amide bonds. The first kappa shape index (κ1) is 26.4. The highest BCUT2D eigenvalue weighted by atomic mass is 32.2. The average molecular weight is 501 g/mol. The summed E-state index contributed by atoms with van der Waals surface area (Å²) in [5.74, 6) is -0.286. The molecule has 0 spiro atoms. The van der Waals surface area contributed by atoms with Crippen molar-refractivity contribution in [3.05, 3.63) is 29.8 Å². The van der Waals surface area contributed by atoms with E-state index in [0.717, 1.165) is 25.2 Å². The van der Waals surface area contributed by atoms with Crippen LogP contribution in [0.15, 0.2) is 29.2 Å². The Morgan fingerprint density at radius 2 is 1.65 bits per heavy atom. The molecule has 2 aliphatic rings. The van der Waals surface area contributed by atoms with Crippen LogP contribution in [0, 0.1) is 17.2 Å². The molecular weight excluding hydrogens is 469 g/mol. The molecule has 3 rings (SSSR count). The molecule has 0 radical (unpaired) electrons. The van der Waals surface area contributed by atoms with E-state index in [1.807, 2.05) is 11.0 Å². The fourth-order valence-electron chi connectivity index (χ4n) is 4.75. The van der Waals surface area contributed by atoms with Crippen molar-refractivity contribution in [3.8, 4) is 6.07 Å². The molecule has 0 N–H and O–H groups in total. The zero-order valence-corrected chi connectivity index (χ0v) is 20.3. The summed E-state index contributed by atoms with van der Waals surface area (Å²) in [6, 6.07) is 6.28. The first-order chi connectivity index (χ1) is 15.9. The van der Waals surface area contributed by atoms with Crippen LogP contribution in [0.5, 0.6) is 0 Å². The predicted molar refractivity (Wildman–Crippen MR) is 120 cm³/mol. The van der Waals surface area contributed by atoms with E-state index < -0.39 is 28.8 Å². The van der Waals surface area contributed by atoms with E-state index in [1.54, 1.807) is 0 Å². The number of hydrogen-bond donors (Lipinski definition) is 0. The van der Waals surface area contributed by atoms with Crippen LogP contribution in [0.2, 0.25) is 0 Å². The Morgan fingerprint density at radius 1 is 1.09 bits per heavy atom. The molecule has 0 aromatic heterocycles. The minimum Gasteiger partial charge on any atom is -0.340 e. The van der Waals surface area contributed by atoms with Gasteiger partial charge in [0.15, 0.2) is 0 Å². The van der Waals surface area contributed by atoms with Gasteiger partial charge in [0, 0.05) is 44.2 Å². The van der Waals surface area contributed by atoms with Crippen molar-refractivity contribution in [1.82, 2.24) is 14.1 Å². The molecule has 1 aromatic carbocycles. The Balaban J connectivity index is 1.69. The largest absolute Gasteiger partial charge is 0.402 e. The van der Waals surface area contributed by atoms with Crippen molar-refractivity contribution in [1.29, 1.82) is 5.26 Å². The molecular formula is C23H31F3N4O3S. The van der Waals surface area contributed by atoms with Gasteiger partial charge in [0.25, 0.3) is 0 Å². The first-order valence-corrected chi connectivity index (χ1v) is 13.0. The molecule has 188 valence electrons. The fourth-order valence-corrected chi connectivity index (χ4v) is 6.42. The zero-order valence-electron chi connectivity index (χ0n) is 19.5. The van der Waals surface area contributed by atoms with Gasteiger partial charge in [0.05, 0.1) is 16.5 Å². The van der Waals surface area contributed by atoms with Gasteiger partial charge in [-0.2, -0.15) is 22.7 Å². The number of rotatable bonds is 6. The van der Waals surface area contributed by atoms with Crippen LogP contribution in [0.4, 0.5) is 13.2 Å². The van der Waals surface area contributed by atoms with Crippen molar-refractivity contribution >= 4 is 15.9 Å². The number of sulfonamides is 1. The summed E-state index contributed by atoms with van der Waals surface area (Å²) in [6.07, 6.45) is -3.62. The number of amides is 1. The van der Waals surface area contributed by atoms with E-state index in [4.69, 9.17) is 5.26 Å². The summed E-state index contributed by atoms with van der Waals surface area (Å²) in [5, 5.41) is 8.91. The van der Waals surface area contributed by atoms with Gasteiger partial charge in [-0.15, -0.1) is 0 Å². The van der Waals surface area contributed by atoms with Crippen LogP contribution >= 0.6 is 0 Å². The van der Waals surface area contributed by atoms with Crippen molar-refractivity contribution < 1.29 is 26.4 Å². The van der Waals surface area contributed by atoms with Crippen LogP contribution in [-0.2, 0) is 14.8 Å². The lowest BCUT2D eigenvalue weighted by molar-refractivity contribution is -0.144. The lowest BCUT2D eigenvalue weighted by atomic mass is 9.85. The molecule has 1 saturated heterocycles. The van der Waals surface area contributed by atoms with Gasteiger partial charge in [-0.25, -0.2) is 8.42 Å². The minimum absolute atomic E-state index is 0.0131. The molecule has 34 heavy (non-hydrogen) atoms. The maximum atomic E-state index is 13.3. The van der Waals surface area contributed by atoms with Crippen LogP contribution < -0.4 is 0 Å². The van der Waals surface area contributed by atoms with Gasteiger partial charge >= 0.3 is 6.18 Å². The maximum absolute atomic E-state index is 13.3. The molecule has 0 unspecified atom stereocenters. The van der Waals surface area contributed by atoms with E-state index in [-0.39, 0.29) is 35.1 Å². The highest BCUT2D eigenvalue weighted by molar-refractivity contribution is 7.89. The number of nitriles is 1. The van der Waals surface area contributed by atoms with Crippen LogP contribution in [-0.4, -0.2) is 79.4 Å². The number of carbonyl (C=O) groups excluding carboxylic acids is 1. The van der Waals surface area contributed by atoms with Crippen LogP contribution in [0.3, 0.4) is 0 Å². The van der Waals surface area contributed by atoms with Crippen molar-refractivity contribution in [3.63, 3.8) is 0 Å². The Kier molecular flexibility index (Phi) is 8.26. The molecule has 11 heteroatoms. The van der Waals surface area contributed by atoms with Crippen molar-refractivity contribution in [2.24, 2.45) is 5.92 Å². The Morgan fingerprint density at radius 3 is 2.12 bits per heavy atom. The van der Waals surface area contributed by atoms with Gasteiger partial charge in [0.2, 0.25) is 15.9 Å². The monoisotopic (exact) mass is 500 g/mol. The second-order valence-corrected chi connectivity index (χ2v) is 11.2. The summed E-state index contributed by atoms with van der Waals surface area (Å²) < 4.78 is 66.8. The van der Waals surface area contributed by atoms with E-state index in [9.17, 15) is 26.4 Å². The Hall–Kier alpha value is -2.16. The molecule has 1 heterocycles. The number of benzene rings is 1. The maximum Gasteiger partial charge on any atom is 0.402 e. The van der Waals surface area contributed by atoms with Crippen LogP contribution in [0.25, 0.3) is 0 Å². The minimum atomic E-state index is -4.71. The quantitative estimate of drug-likeness (QED) is 0.599. The molecule has 0 bridgehead atoms. The molecule has 7 nitrogen and oxygen atoms in total. The highest BCUT2D eigenvalue weighted by Crippen LogP contribution is 2.34. The molecule has 1 aromatic rings. The van der Waals surface area contributed by atoms with Gasteiger partial charge < -0.3 is 4.90 Å².